The molecule has 13 heavy (non-hydrogen) atoms. The Bertz CT molecular complexity index is 127. The Labute approximate surface area is 87.4 Å². The third-order valence-corrected chi connectivity index (χ3v) is 2.67. The first kappa shape index (κ1) is 13.1. The van der Waals surface area contributed by atoms with Crippen molar-refractivity contribution in [3.05, 3.63) is 12.7 Å². The summed E-state index contributed by atoms with van der Waals surface area (Å²) in [5, 5.41) is 3.45. The van der Waals surface area contributed by atoms with E-state index in [2.05, 4.69) is 32.7 Å². The van der Waals surface area contributed by atoms with Crippen LogP contribution in [0.2, 0.25) is 0 Å². The van der Waals surface area contributed by atoms with E-state index >= 15 is 0 Å². The van der Waals surface area contributed by atoms with Gasteiger partial charge in [0.2, 0.25) is 0 Å². The van der Waals surface area contributed by atoms with Crippen molar-refractivity contribution in [2.45, 2.75) is 27.2 Å². The standard InChI is InChI=1S/C11H23NS/c1-5-9-13-10-8-12-7-6-11(2,3)4/h5,12H,1,6-10H2,2-4H3. The highest BCUT2D eigenvalue weighted by molar-refractivity contribution is 7.99. The Morgan fingerprint density at radius 3 is 2.54 bits per heavy atom. The minimum atomic E-state index is 0.460. The summed E-state index contributed by atoms with van der Waals surface area (Å²) >= 11 is 1.93. The van der Waals surface area contributed by atoms with E-state index in [-0.39, 0.29) is 0 Å². The van der Waals surface area contributed by atoms with Gasteiger partial charge in [0.05, 0.1) is 0 Å². The lowest BCUT2D eigenvalue weighted by Crippen LogP contribution is -2.22. The van der Waals surface area contributed by atoms with Gasteiger partial charge in [-0.15, -0.1) is 6.58 Å². The van der Waals surface area contributed by atoms with Crippen LogP contribution in [-0.4, -0.2) is 24.6 Å². The van der Waals surface area contributed by atoms with Gasteiger partial charge in [-0.2, -0.15) is 11.8 Å². The van der Waals surface area contributed by atoms with Crippen LogP contribution < -0.4 is 5.32 Å². The maximum Gasteiger partial charge on any atom is 0.0111 e. The first-order valence-electron chi connectivity index (χ1n) is 4.95. The molecule has 0 heterocycles. The Hall–Kier alpha value is 0.0500. The minimum Gasteiger partial charge on any atom is -0.316 e. The van der Waals surface area contributed by atoms with E-state index in [1.165, 1.54) is 12.2 Å². The lowest BCUT2D eigenvalue weighted by molar-refractivity contribution is 0.369. The van der Waals surface area contributed by atoms with Crippen LogP contribution in [0.15, 0.2) is 12.7 Å². The monoisotopic (exact) mass is 201 g/mol. The fourth-order valence-corrected chi connectivity index (χ4v) is 1.52. The molecule has 0 saturated carbocycles. The molecule has 0 saturated heterocycles. The second-order valence-electron chi connectivity index (χ2n) is 4.42. The molecule has 0 bridgehead atoms. The van der Waals surface area contributed by atoms with Gasteiger partial charge in [0, 0.05) is 18.1 Å². The third kappa shape index (κ3) is 12.1. The van der Waals surface area contributed by atoms with Crippen molar-refractivity contribution < 1.29 is 0 Å². The molecule has 0 rings (SSSR count). The Morgan fingerprint density at radius 1 is 1.31 bits per heavy atom. The van der Waals surface area contributed by atoms with Gasteiger partial charge in [-0.05, 0) is 18.4 Å². The molecule has 0 atom stereocenters. The van der Waals surface area contributed by atoms with Crippen molar-refractivity contribution >= 4 is 11.8 Å². The Morgan fingerprint density at radius 2 is 2.00 bits per heavy atom. The molecule has 0 aliphatic carbocycles. The summed E-state index contributed by atoms with van der Waals surface area (Å²) in [6.07, 6.45) is 3.21. The van der Waals surface area contributed by atoms with Gasteiger partial charge in [0.25, 0.3) is 0 Å². The average Bonchev–Trinajstić information content (AvgIpc) is 2.01. The second kappa shape index (κ2) is 7.45. The molecule has 1 N–H and O–H groups in total. The minimum absolute atomic E-state index is 0.460. The second-order valence-corrected chi connectivity index (χ2v) is 5.57. The maximum atomic E-state index is 3.69. The molecule has 0 unspecified atom stereocenters. The van der Waals surface area contributed by atoms with Gasteiger partial charge < -0.3 is 5.32 Å². The lowest BCUT2D eigenvalue weighted by atomic mass is 9.92. The molecule has 78 valence electrons. The van der Waals surface area contributed by atoms with Crippen molar-refractivity contribution in [3.63, 3.8) is 0 Å². The first-order chi connectivity index (χ1) is 6.06. The average molecular weight is 201 g/mol. The van der Waals surface area contributed by atoms with Crippen molar-refractivity contribution in [1.29, 1.82) is 0 Å². The highest BCUT2D eigenvalue weighted by Gasteiger charge is 2.08. The number of nitrogens with one attached hydrogen (secondary N) is 1. The first-order valence-corrected chi connectivity index (χ1v) is 6.11. The number of rotatable bonds is 7. The fraction of sp³-hybridized carbons (Fsp3) is 0.818. The van der Waals surface area contributed by atoms with Crippen molar-refractivity contribution in [2.24, 2.45) is 5.41 Å². The van der Waals surface area contributed by atoms with Crippen LogP contribution in [0, 0.1) is 5.41 Å². The molecule has 0 fully saturated rings. The van der Waals surface area contributed by atoms with E-state index in [0.717, 1.165) is 18.8 Å². The quantitative estimate of drug-likeness (QED) is 0.502. The third-order valence-electron chi connectivity index (χ3n) is 1.71. The Kier molecular flexibility index (Phi) is 7.48. The molecule has 0 aliphatic heterocycles. The van der Waals surface area contributed by atoms with Crippen molar-refractivity contribution in [1.82, 2.24) is 5.32 Å². The molecule has 0 amide bonds. The van der Waals surface area contributed by atoms with Crippen LogP contribution >= 0.6 is 11.8 Å². The van der Waals surface area contributed by atoms with Crippen molar-refractivity contribution in [2.75, 3.05) is 24.6 Å². The predicted octanol–water partition coefficient (Wildman–Crippen LogP) is 2.93. The summed E-state index contributed by atoms with van der Waals surface area (Å²) in [6.45, 7) is 12.8. The van der Waals surface area contributed by atoms with E-state index in [1.54, 1.807) is 0 Å². The fourth-order valence-electron chi connectivity index (χ4n) is 0.899. The van der Waals surface area contributed by atoms with Crippen LogP contribution in [-0.2, 0) is 0 Å². The predicted molar refractivity (Wildman–Crippen MR) is 64.5 cm³/mol. The van der Waals surface area contributed by atoms with Gasteiger partial charge in [0.15, 0.2) is 0 Å². The SMILES string of the molecule is C=CCSCCNCCC(C)(C)C. The maximum absolute atomic E-state index is 3.69. The van der Waals surface area contributed by atoms with E-state index in [1.807, 2.05) is 17.8 Å². The molecule has 0 radical (unpaired) electrons. The van der Waals surface area contributed by atoms with Gasteiger partial charge in [-0.25, -0.2) is 0 Å². The molecule has 0 aromatic rings. The summed E-state index contributed by atoms with van der Waals surface area (Å²) in [6, 6.07) is 0. The van der Waals surface area contributed by atoms with E-state index < -0.39 is 0 Å². The summed E-state index contributed by atoms with van der Waals surface area (Å²) in [5.74, 6) is 2.26. The van der Waals surface area contributed by atoms with Crippen LogP contribution in [0.3, 0.4) is 0 Å². The van der Waals surface area contributed by atoms with Crippen LogP contribution in [0.5, 0.6) is 0 Å². The summed E-state index contributed by atoms with van der Waals surface area (Å²) in [7, 11) is 0. The van der Waals surface area contributed by atoms with Crippen LogP contribution in [0.4, 0.5) is 0 Å². The smallest absolute Gasteiger partial charge is 0.0111 e. The zero-order valence-electron chi connectivity index (χ0n) is 9.23. The highest BCUT2D eigenvalue weighted by Crippen LogP contribution is 2.16. The van der Waals surface area contributed by atoms with E-state index in [4.69, 9.17) is 0 Å². The molecule has 0 aromatic heterocycles. The van der Waals surface area contributed by atoms with E-state index in [0.29, 0.717) is 5.41 Å². The zero-order chi connectivity index (χ0) is 10.2. The summed E-state index contributed by atoms with van der Waals surface area (Å²) < 4.78 is 0. The molecule has 0 aliphatic rings. The molecule has 0 aromatic carbocycles. The molecular formula is C11H23NS. The molecular weight excluding hydrogens is 178 g/mol. The number of hydrogen-bond donors (Lipinski definition) is 1. The molecule has 2 heteroatoms. The highest BCUT2D eigenvalue weighted by atomic mass is 32.2. The topological polar surface area (TPSA) is 12.0 Å². The van der Waals surface area contributed by atoms with E-state index in [9.17, 15) is 0 Å². The van der Waals surface area contributed by atoms with Gasteiger partial charge in [0.1, 0.15) is 0 Å². The van der Waals surface area contributed by atoms with Gasteiger partial charge >= 0.3 is 0 Å². The van der Waals surface area contributed by atoms with Crippen molar-refractivity contribution in [3.8, 4) is 0 Å². The normalized spacial score (nSPS) is 11.6. The number of thioether (sulfide) groups is 1. The zero-order valence-corrected chi connectivity index (χ0v) is 10.0. The van der Waals surface area contributed by atoms with Gasteiger partial charge in [-0.1, -0.05) is 26.8 Å². The summed E-state index contributed by atoms with van der Waals surface area (Å²) in [5.41, 5.74) is 0.460. The number of hydrogen-bond acceptors (Lipinski definition) is 2. The van der Waals surface area contributed by atoms with Crippen LogP contribution in [0.1, 0.15) is 27.2 Å². The molecule has 0 spiro atoms. The molecule has 1 nitrogen and oxygen atoms in total. The Balaban J connectivity index is 3.04. The summed E-state index contributed by atoms with van der Waals surface area (Å²) in [4.78, 5) is 0. The largest absolute Gasteiger partial charge is 0.316 e. The lowest BCUT2D eigenvalue weighted by Gasteiger charge is -2.17. The van der Waals surface area contributed by atoms with Crippen LogP contribution in [0.25, 0.3) is 0 Å². The van der Waals surface area contributed by atoms with Gasteiger partial charge in [-0.3, -0.25) is 0 Å².